The topological polar surface area (TPSA) is 58.6 Å². The number of benzene rings is 2. The maximum absolute atomic E-state index is 13.2. The number of ether oxygens (including phenoxy) is 1. The molecule has 0 aliphatic heterocycles. The van der Waals surface area contributed by atoms with Gasteiger partial charge in [0.2, 0.25) is 11.8 Å². The average Bonchev–Trinajstić information content (AvgIpc) is 2.79. The lowest BCUT2D eigenvalue weighted by Gasteiger charge is -2.31. The second-order valence-corrected chi connectivity index (χ2v) is 9.01. The first-order chi connectivity index (χ1) is 15.8. The van der Waals surface area contributed by atoms with Crippen LogP contribution in [0.15, 0.2) is 42.5 Å². The largest absolute Gasteiger partial charge is 0.494 e. The summed E-state index contributed by atoms with van der Waals surface area (Å²) in [6.45, 7) is 5.16. The molecule has 1 atom stereocenters. The van der Waals surface area contributed by atoms with Crippen LogP contribution in [0.3, 0.4) is 0 Å². The van der Waals surface area contributed by atoms with Crippen molar-refractivity contribution in [1.82, 2.24) is 10.2 Å². The fourth-order valence-corrected chi connectivity index (χ4v) is 3.94. The first-order valence-corrected chi connectivity index (χ1v) is 12.4. The molecule has 0 radical (unpaired) electrons. The van der Waals surface area contributed by atoms with Gasteiger partial charge in [0.15, 0.2) is 0 Å². The van der Waals surface area contributed by atoms with Crippen LogP contribution < -0.4 is 10.1 Å². The number of carbonyl (C=O) groups is 2. The van der Waals surface area contributed by atoms with Gasteiger partial charge in [-0.2, -0.15) is 0 Å². The molecule has 33 heavy (non-hydrogen) atoms. The Kier molecular flexibility index (Phi) is 11.9. The lowest BCUT2D eigenvalue weighted by molar-refractivity contribution is -0.141. The summed E-state index contributed by atoms with van der Waals surface area (Å²) < 4.78 is 5.70. The fourth-order valence-electron chi connectivity index (χ4n) is 3.35. The van der Waals surface area contributed by atoms with Crippen LogP contribution >= 0.6 is 34.8 Å². The van der Waals surface area contributed by atoms with Crippen molar-refractivity contribution in [2.24, 2.45) is 0 Å². The van der Waals surface area contributed by atoms with Crippen molar-refractivity contribution in [3.63, 3.8) is 0 Å². The molecule has 5 nitrogen and oxygen atoms in total. The summed E-state index contributed by atoms with van der Waals surface area (Å²) in [6, 6.07) is 11.6. The van der Waals surface area contributed by atoms with E-state index in [0.29, 0.717) is 46.8 Å². The number of carbonyl (C=O) groups excluding carboxylic acids is 2. The van der Waals surface area contributed by atoms with E-state index in [2.05, 4.69) is 12.2 Å². The number of unbranched alkanes of at least 4 members (excludes halogenated alkanes) is 1. The minimum Gasteiger partial charge on any atom is -0.494 e. The summed E-state index contributed by atoms with van der Waals surface area (Å²) >= 11 is 18.3. The Balaban J connectivity index is 2.07. The molecule has 2 aromatic carbocycles. The van der Waals surface area contributed by atoms with Gasteiger partial charge in [-0.1, -0.05) is 61.1 Å². The summed E-state index contributed by atoms with van der Waals surface area (Å²) in [4.78, 5) is 27.7. The Morgan fingerprint density at radius 3 is 2.33 bits per heavy atom. The van der Waals surface area contributed by atoms with Gasteiger partial charge in [0.25, 0.3) is 0 Å². The van der Waals surface area contributed by atoms with Gasteiger partial charge in [-0.15, -0.1) is 0 Å². The molecule has 0 heterocycles. The number of amides is 2. The van der Waals surface area contributed by atoms with Crippen LogP contribution in [0.4, 0.5) is 0 Å². The number of rotatable bonds is 13. The Morgan fingerprint density at radius 2 is 1.70 bits per heavy atom. The highest BCUT2D eigenvalue weighted by Gasteiger charge is 2.28. The molecule has 1 N–H and O–H groups in total. The van der Waals surface area contributed by atoms with E-state index in [1.807, 2.05) is 6.92 Å². The lowest BCUT2D eigenvalue weighted by Crippen LogP contribution is -2.49. The molecule has 8 heteroatoms. The second-order valence-electron chi connectivity index (χ2n) is 7.73. The van der Waals surface area contributed by atoms with Crippen LogP contribution in [0.2, 0.25) is 15.1 Å². The van der Waals surface area contributed by atoms with E-state index in [1.165, 1.54) is 0 Å². The van der Waals surface area contributed by atoms with Crippen molar-refractivity contribution in [2.45, 2.75) is 58.5 Å². The average molecular weight is 514 g/mol. The molecule has 0 saturated heterocycles. The molecule has 0 aliphatic carbocycles. The van der Waals surface area contributed by atoms with Crippen molar-refractivity contribution < 1.29 is 14.3 Å². The molecule has 180 valence electrons. The SMILES string of the molecule is CCCCNC(=O)[C@@H](CC)N(Cc1ccc(Cl)cc1Cl)C(=O)CCCOc1ccc(Cl)cc1. The van der Waals surface area contributed by atoms with Gasteiger partial charge in [0.1, 0.15) is 11.8 Å². The maximum Gasteiger partial charge on any atom is 0.242 e. The summed E-state index contributed by atoms with van der Waals surface area (Å²) in [5.41, 5.74) is 0.742. The van der Waals surface area contributed by atoms with Gasteiger partial charge in [-0.3, -0.25) is 9.59 Å². The normalized spacial score (nSPS) is 11.7. The minimum absolute atomic E-state index is 0.127. The van der Waals surface area contributed by atoms with Crippen LogP contribution in [-0.4, -0.2) is 35.9 Å². The zero-order valence-electron chi connectivity index (χ0n) is 19.1. The zero-order valence-corrected chi connectivity index (χ0v) is 21.3. The van der Waals surface area contributed by atoms with E-state index >= 15 is 0 Å². The summed E-state index contributed by atoms with van der Waals surface area (Å²) in [6.07, 6.45) is 3.13. The van der Waals surface area contributed by atoms with Crippen molar-refractivity contribution in [1.29, 1.82) is 0 Å². The van der Waals surface area contributed by atoms with Crippen LogP contribution in [0.5, 0.6) is 5.75 Å². The van der Waals surface area contributed by atoms with Gasteiger partial charge in [-0.25, -0.2) is 0 Å². The third-order valence-corrected chi connectivity index (χ3v) is 6.03. The molecule has 0 fully saturated rings. The van der Waals surface area contributed by atoms with Gasteiger partial charge in [0, 0.05) is 34.6 Å². The monoisotopic (exact) mass is 512 g/mol. The molecule has 0 saturated carbocycles. The van der Waals surface area contributed by atoms with Gasteiger partial charge < -0.3 is 15.0 Å². The van der Waals surface area contributed by atoms with Crippen LogP contribution in [-0.2, 0) is 16.1 Å². The first kappa shape index (κ1) is 27.3. The number of hydrogen-bond donors (Lipinski definition) is 1. The van der Waals surface area contributed by atoms with Crippen LogP contribution in [0, 0.1) is 0 Å². The van der Waals surface area contributed by atoms with E-state index in [4.69, 9.17) is 39.5 Å². The molecular formula is C25H31Cl3N2O3. The number of halogens is 3. The number of nitrogens with one attached hydrogen (secondary N) is 1. The highest BCUT2D eigenvalue weighted by Crippen LogP contribution is 2.24. The second kappa shape index (κ2) is 14.3. The van der Waals surface area contributed by atoms with Crippen molar-refractivity contribution in [3.05, 3.63) is 63.1 Å². The standard InChI is InChI=1S/C25H31Cl3N2O3/c1-3-5-14-29-25(32)23(4-2)30(17-18-8-9-20(27)16-22(18)28)24(31)7-6-15-33-21-12-10-19(26)11-13-21/h8-13,16,23H,3-7,14-15,17H2,1-2H3,(H,29,32)/t23-/m1/s1. The smallest absolute Gasteiger partial charge is 0.242 e. The zero-order chi connectivity index (χ0) is 24.2. The van der Waals surface area contributed by atoms with Crippen LogP contribution in [0.25, 0.3) is 0 Å². The van der Waals surface area contributed by atoms with E-state index in [1.54, 1.807) is 47.4 Å². The number of nitrogens with zero attached hydrogens (tertiary/aromatic N) is 1. The van der Waals surface area contributed by atoms with Gasteiger partial charge in [-0.05, 0) is 61.2 Å². The molecule has 0 unspecified atom stereocenters. The lowest BCUT2D eigenvalue weighted by atomic mass is 10.1. The quantitative estimate of drug-likeness (QED) is 0.310. The number of hydrogen-bond acceptors (Lipinski definition) is 3. The third-order valence-electron chi connectivity index (χ3n) is 5.19. The summed E-state index contributed by atoms with van der Waals surface area (Å²) in [7, 11) is 0. The Morgan fingerprint density at radius 1 is 1.00 bits per heavy atom. The Bertz CT molecular complexity index is 906. The van der Waals surface area contributed by atoms with Crippen molar-refractivity contribution >= 4 is 46.6 Å². The predicted molar refractivity (Wildman–Crippen MR) is 135 cm³/mol. The van der Waals surface area contributed by atoms with Crippen molar-refractivity contribution in [3.8, 4) is 5.75 Å². The molecule has 2 amide bonds. The molecule has 0 aliphatic rings. The molecular weight excluding hydrogens is 483 g/mol. The van der Waals surface area contributed by atoms with Crippen LogP contribution in [0.1, 0.15) is 51.5 Å². The Hall–Kier alpha value is -1.95. The molecule has 0 bridgehead atoms. The van der Waals surface area contributed by atoms with E-state index in [9.17, 15) is 9.59 Å². The molecule has 2 rings (SSSR count). The summed E-state index contributed by atoms with van der Waals surface area (Å²) in [5.74, 6) is 0.415. The van der Waals surface area contributed by atoms with Crippen molar-refractivity contribution in [2.75, 3.05) is 13.2 Å². The third kappa shape index (κ3) is 9.07. The molecule has 2 aromatic rings. The fraction of sp³-hybridized carbons (Fsp3) is 0.440. The van der Waals surface area contributed by atoms with Gasteiger partial charge >= 0.3 is 0 Å². The highest BCUT2D eigenvalue weighted by atomic mass is 35.5. The maximum atomic E-state index is 13.2. The van der Waals surface area contributed by atoms with E-state index in [-0.39, 0.29) is 24.8 Å². The molecule has 0 spiro atoms. The molecule has 0 aromatic heterocycles. The van der Waals surface area contributed by atoms with Gasteiger partial charge in [0.05, 0.1) is 6.61 Å². The van der Waals surface area contributed by atoms with E-state index < -0.39 is 6.04 Å². The highest BCUT2D eigenvalue weighted by molar-refractivity contribution is 6.35. The van der Waals surface area contributed by atoms with E-state index in [0.717, 1.165) is 18.4 Å². The summed E-state index contributed by atoms with van der Waals surface area (Å²) in [5, 5.41) is 4.57. The predicted octanol–water partition coefficient (Wildman–Crippen LogP) is 6.53. The first-order valence-electron chi connectivity index (χ1n) is 11.2. The Labute approximate surface area is 211 Å². The minimum atomic E-state index is -0.585.